The highest BCUT2D eigenvalue weighted by molar-refractivity contribution is 7.22. The average Bonchev–Trinajstić information content (AvgIpc) is 3.30. The number of ether oxygens (including phenoxy) is 4. The topological polar surface area (TPSA) is 74.7 Å². The van der Waals surface area contributed by atoms with Crippen LogP contribution in [0, 0.1) is 0 Å². The van der Waals surface area contributed by atoms with Gasteiger partial charge in [0, 0.05) is 30.3 Å². The summed E-state index contributed by atoms with van der Waals surface area (Å²) >= 11 is 1.60. The summed E-state index contributed by atoms with van der Waals surface area (Å²) in [7, 11) is 4.90. The predicted octanol–water partition coefficient (Wildman–Crippen LogP) is 6.32. The van der Waals surface area contributed by atoms with Gasteiger partial charge in [0.1, 0.15) is 17.2 Å². The Morgan fingerprint density at radius 2 is 1.66 bits per heavy atom. The molecular formula is C27H25N3O4S. The summed E-state index contributed by atoms with van der Waals surface area (Å²) < 4.78 is 23.4. The molecule has 0 saturated heterocycles. The van der Waals surface area contributed by atoms with Crippen LogP contribution in [-0.2, 0) is 6.42 Å². The van der Waals surface area contributed by atoms with E-state index in [-0.39, 0.29) is 0 Å². The highest BCUT2D eigenvalue weighted by atomic mass is 32.1. The van der Waals surface area contributed by atoms with Gasteiger partial charge in [-0.05, 0) is 48.4 Å². The maximum atomic E-state index is 6.25. The standard InChI is InChI=1S/C27H25N3O4S/c1-31-18-6-4-5-17(13-18)9-11-29-27-30-21-8-7-19(14-26(21)35-27)34-23-10-12-28-22-16-25(33-3)24(32-2)15-20(22)23/h4-8,10,12-16H,9,11H2,1-3H3,(H,29,30). The number of hydrogen-bond donors (Lipinski definition) is 1. The van der Waals surface area contributed by atoms with Crippen molar-refractivity contribution in [2.24, 2.45) is 0 Å². The number of aromatic nitrogens is 2. The number of nitrogens with one attached hydrogen (secondary N) is 1. The molecule has 0 amide bonds. The predicted molar refractivity (Wildman–Crippen MR) is 140 cm³/mol. The zero-order valence-corrected chi connectivity index (χ0v) is 20.5. The normalized spacial score (nSPS) is 10.9. The van der Waals surface area contributed by atoms with Crippen LogP contribution in [0.15, 0.2) is 66.9 Å². The van der Waals surface area contributed by atoms with Gasteiger partial charge < -0.3 is 24.3 Å². The molecule has 0 unspecified atom stereocenters. The minimum Gasteiger partial charge on any atom is -0.497 e. The summed E-state index contributed by atoms with van der Waals surface area (Å²) in [5.41, 5.74) is 2.91. The third-order valence-corrected chi connectivity index (χ3v) is 6.59. The number of hydrogen-bond acceptors (Lipinski definition) is 8. The molecule has 178 valence electrons. The Morgan fingerprint density at radius 1 is 0.800 bits per heavy atom. The van der Waals surface area contributed by atoms with Gasteiger partial charge in [0.2, 0.25) is 0 Å². The largest absolute Gasteiger partial charge is 0.497 e. The molecule has 0 aliphatic heterocycles. The van der Waals surface area contributed by atoms with Crippen LogP contribution in [0.5, 0.6) is 28.7 Å². The highest BCUT2D eigenvalue weighted by Gasteiger charge is 2.12. The fraction of sp³-hybridized carbons (Fsp3) is 0.185. The molecule has 8 heteroatoms. The van der Waals surface area contributed by atoms with E-state index in [1.54, 1.807) is 38.9 Å². The molecule has 2 aromatic heterocycles. The number of fused-ring (bicyclic) bond motifs is 2. The Labute approximate surface area is 207 Å². The van der Waals surface area contributed by atoms with Gasteiger partial charge in [-0.1, -0.05) is 23.5 Å². The van der Waals surface area contributed by atoms with Crippen LogP contribution < -0.4 is 24.3 Å². The summed E-state index contributed by atoms with van der Waals surface area (Å²) in [4.78, 5) is 9.15. The molecule has 0 aliphatic rings. The average molecular weight is 488 g/mol. The smallest absolute Gasteiger partial charge is 0.183 e. The molecule has 0 bridgehead atoms. The number of benzene rings is 3. The second kappa shape index (κ2) is 10.1. The van der Waals surface area contributed by atoms with E-state index < -0.39 is 0 Å². The molecule has 5 rings (SSSR count). The first-order chi connectivity index (χ1) is 17.2. The number of methoxy groups -OCH3 is 3. The minimum absolute atomic E-state index is 0.625. The van der Waals surface area contributed by atoms with Crippen molar-refractivity contribution in [2.45, 2.75) is 6.42 Å². The third-order valence-electron chi connectivity index (χ3n) is 5.62. The van der Waals surface area contributed by atoms with Crippen LogP contribution in [0.1, 0.15) is 5.56 Å². The lowest BCUT2D eigenvalue weighted by molar-refractivity contribution is 0.355. The van der Waals surface area contributed by atoms with Crippen molar-refractivity contribution in [1.29, 1.82) is 0 Å². The first-order valence-electron chi connectivity index (χ1n) is 11.1. The van der Waals surface area contributed by atoms with Crippen molar-refractivity contribution < 1.29 is 18.9 Å². The number of anilines is 1. The van der Waals surface area contributed by atoms with E-state index in [1.807, 2.05) is 48.5 Å². The number of pyridine rings is 1. The van der Waals surface area contributed by atoms with Gasteiger partial charge in [-0.15, -0.1) is 0 Å². The second-order valence-electron chi connectivity index (χ2n) is 7.81. The lowest BCUT2D eigenvalue weighted by Gasteiger charge is -2.12. The Morgan fingerprint density at radius 3 is 2.49 bits per heavy atom. The van der Waals surface area contributed by atoms with E-state index in [9.17, 15) is 0 Å². The summed E-state index contributed by atoms with van der Waals surface area (Å²) in [6.45, 7) is 0.782. The Kier molecular flexibility index (Phi) is 6.54. The Hall–Kier alpha value is -4.04. The van der Waals surface area contributed by atoms with Crippen molar-refractivity contribution in [3.8, 4) is 28.7 Å². The van der Waals surface area contributed by atoms with Crippen LogP contribution >= 0.6 is 11.3 Å². The van der Waals surface area contributed by atoms with Crippen LogP contribution in [0.25, 0.3) is 21.1 Å². The molecule has 5 aromatic rings. The van der Waals surface area contributed by atoms with Gasteiger partial charge in [-0.3, -0.25) is 4.98 Å². The SMILES string of the molecule is COc1cccc(CCNc2nc3ccc(Oc4ccnc5cc(OC)c(OC)cc45)cc3s2)c1. The van der Waals surface area contributed by atoms with Gasteiger partial charge in [0.15, 0.2) is 16.6 Å². The van der Waals surface area contributed by atoms with Crippen molar-refractivity contribution >= 4 is 37.6 Å². The Balaban J connectivity index is 1.32. The highest BCUT2D eigenvalue weighted by Crippen LogP contribution is 2.38. The fourth-order valence-electron chi connectivity index (χ4n) is 3.85. The van der Waals surface area contributed by atoms with E-state index in [2.05, 4.69) is 22.4 Å². The fourth-order valence-corrected chi connectivity index (χ4v) is 4.77. The summed E-state index contributed by atoms with van der Waals surface area (Å²) in [5.74, 6) is 3.54. The molecule has 0 aliphatic carbocycles. The van der Waals surface area contributed by atoms with E-state index in [0.717, 1.165) is 50.7 Å². The molecule has 0 atom stereocenters. The summed E-state index contributed by atoms with van der Waals surface area (Å²) in [6.07, 6.45) is 2.60. The zero-order chi connectivity index (χ0) is 24.2. The van der Waals surface area contributed by atoms with Gasteiger partial charge in [0.05, 0.1) is 37.1 Å². The van der Waals surface area contributed by atoms with Crippen molar-refractivity contribution in [1.82, 2.24) is 9.97 Å². The van der Waals surface area contributed by atoms with Crippen molar-refractivity contribution in [2.75, 3.05) is 33.2 Å². The first-order valence-corrected chi connectivity index (χ1v) is 11.9. The minimum atomic E-state index is 0.625. The molecular weight excluding hydrogens is 462 g/mol. The zero-order valence-electron chi connectivity index (χ0n) is 19.7. The van der Waals surface area contributed by atoms with Crippen molar-refractivity contribution in [3.05, 3.63) is 72.4 Å². The molecule has 2 heterocycles. The molecule has 0 spiro atoms. The maximum Gasteiger partial charge on any atom is 0.183 e. The van der Waals surface area contributed by atoms with E-state index in [4.69, 9.17) is 23.9 Å². The number of thiazole rings is 1. The quantitative estimate of drug-likeness (QED) is 0.261. The summed E-state index contributed by atoms with van der Waals surface area (Å²) in [5, 5.41) is 5.15. The van der Waals surface area contributed by atoms with Gasteiger partial charge in [0.25, 0.3) is 0 Å². The van der Waals surface area contributed by atoms with E-state index in [0.29, 0.717) is 17.2 Å². The van der Waals surface area contributed by atoms with Gasteiger partial charge >= 0.3 is 0 Å². The van der Waals surface area contributed by atoms with E-state index >= 15 is 0 Å². The lowest BCUT2D eigenvalue weighted by atomic mass is 10.1. The van der Waals surface area contributed by atoms with E-state index in [1.165, 1.54) is 5.56 Å². The molecule has 3 aromatic carbocycles. The molecule has 0 radical (unpaired) electrons. The summed E-state index contributed by atoms with van der Waals surface area (Å²) in [6, 6.07) is 19.6. The number of rotatable bonds is 9. The van der Waals surface area contributed by atoms with Gasteiger partial charge in [-0.2, -0.15) is 0 Å². The van der Waals surface area contributed by atoms with Crippen LogP contribution in [-0.4, -0.2) is 37.8 Å². The molecule has 7 nitrogen and oxygen atoms in total. The van der Waals surface area contributed by atoms with Crippen LogP contribution in [0.4, 0.5) is 5.13 Å². The number of nitrogens with zero attached hydrogens (tertiary/aromatic N) is 2. The Bertz CT molecular complexity index is 1480. The van der Waals surface area contributed by atoms with Crippen LogP contribution in [0.3, 0.4) is 0 Å². The maximum absolute atomic E-state index is 6.25. The van der Waals surface area contributed by atoms with Crippen LogP contribution in [0.2, 0.25) is 0 Å². The molecule has 1 N–H and O–H groups in total. The molecule has 0 fully saturated rings. The molecule has 35 heavy (non-hydrogen) atoms. The third kappa shape index (κ3) is 4.93. The monoisotopic (exact) mass is 487 g/mol. The van der Waals surface area contributed by atoms with Gasteiger partial charge in [-0.25, -0.2) is 4.98 Å². The molecule has 0 saturated carbocycles. The first kappa shape index (κ1) is 22.7. The van der Waals surface area contributed by atoms with Crippen molar-refractivity contribution in [3.63, 3.8) is 0 Å². The lowest BCUT2D eigenvalue weighted by Crippen LogP contribution is -2.04. The second-order valence-corrected chi connectivity index (χ2v) is 8.84.